The van der Waals surface area contributed by atoms with E-state index in [2.05, 4.69) is 15.9 Å². The number of hydrogen-bond donors (Lipinski definition) is 1. The van der Waals surface area contributed by atoms with Crippen molar-refractivity contribution in [3.8, 4) is 0 Å². The highest BCUT2D eigenvalue weighted by Crippen LogP contribution is 2.34. The maximum Gasteiger partial charge on any atom is 0.243 e. The summed E-state index contributed by atoms with van der Waals surface area (Å²) in [6.07, 6.45) is 0.789. The monoisotopic (exact) mass is 402 g/mol. The summed E-state index contributed by atoms with van der Waals surface area (Å²) in [6.45, 7) is 3.48. The van der Waals surface area contributed by atoms with Crippen LogP contribution in [0.15, 0.2) is 27.6 Å². The van der Waals surface area contributed by atoms with E-state index in [-0.39, 0.29) is 22.7 Å². The number of benzene rings is 1. The van der Waals surface area contributed by atoms with E-state index < -0.39 is 10.0 Å². The largest absolute Gasteiger partial charge is 0.330 e. The Morgan fingerprint density at radius 1 is 1.50 bits per heavy atom. The first-order chi connectivity index (χ1) is 8.78. The molecule has 8 heteroatoms. The summed E-state index contributed by atoms with van der Waals surface area (Å²) in [4.78, 5) is 0.255. The summed E-state index contributed by atoms with van der Waals surface area (Å²) in [7, 11) is -3.47. The third-order valence-electron chi connectivity index (χ3n) is 3.54. The molecule has 0 bridgehead atoms. The normalized spacial score (nSPS) is 23.6. The fourth-order valence-electron chi connectivity index (χ4n) is 2.14. The average molecular weight is 404 g/mol. The molecule has 1 aliphatic heterocycles. The van der Waals surface area contributed by atoms with Crippen molar-refractivity contribution < 1.29 is 8.42 Å². The fraction of sp³-hybridized carbons (Fsp3) is 0.500. The molecule has 114 valence electrons. The van der Waals surface area contributed by atoms with Gasteiger partial charge in [-0.05, 0) is 52.5 Å². The minimum atomic E-state index is -3.47. The van der Waals surface area contributed by atoms with Crippen LogP contribution in [0.25, 0.3) is 0 Å². The van der Waals surface area contributed by atoms with E-state index in [9.17, 15) is 8.42 Å². The quantitative estimate of drug-likeness (QED) is 0.843. The number of nitrogens with two attached hydrogens (primary N) is 1. The van der Waals surface area contributed by atoms with Gasteiger partial charge in [0.1, 0.15) is 0 Å². The van der Waals surface area contributed by atoms with E-state index in [1.54, 1.807) is 6.07 Å². The molecule has 1 aliphatic rings. The van der Waals surface area contributed by atoms with Gasteiger partial charge in [-0.3, -0.25) is 0 Å². The Labute approximate surface area is 139 Å². The molecule has 2 N–H and O–H groups in total. The molecular formula is C12H17BrCl2N2O2S. The van der Waals surface area contributed by atoms with Crippen LogP contribution in [0.1, 0.15) is 13.3 Å². The van der Waals surface area contributed by atoms with Crippen molar-refractivity contribution in [2.45, 2.75) is 18.2 Å². The van der Waals surface area contributed by atoms with Crippen LogP contribution in [0.2, 0.25) is 5.02 Å². The molecule has 1 fully saturated rings. The van der Waals surface area contributed by atoms with Gasteiger partial charge in [-0.2, -0.15) is 4.31 Å². The van der Waals surface area contributed by atoms with Crippen molar-refractivity contribution in [2.75, 3.05) is 19.6 Å². The lowest BCUT2D eigenvalue weighted by Crippen LogP contribution is -2.34. The zero-order chi connectivity index (χ0) is 14.3. The third-order valence-corrected chi connectivity index (χ3v) is 6.60. The van der Waals surface area contributed by atoms with Gasteiger partial charge in [0.2, 0.25) is 10.0 Å². The topological polar surface area (TPSA) is 63.4 Å². The molecule has 1 heterocycles. The second kappa shape index (κ2) is 6.50. The summed E-state index contributed by atoms with van der Waals surface area (Å²) in [5.41, 5.74) is 5.58. The van der Waals surface area contributed by atoms with Gasteiger partial charge in [-0.15, -0.1) is 12.4 Å². The number of hydrogen-bond acceptors (Lipinski definition) is 3. The maximum atomic E-state index is 12.5. The molecule has 2 rings (SSSR count). The van der Waals surface area contributed by atoms with Gasteiger partial charge in [0.15, 0.2) is 0 Å². The molecule has 0 radical (unpaired) electrons. The van der Waals surface area contributed by atoms with E-state index in [0.29, 0.717) is 29.1 Å². The van der Waals surface area contributed by atoms with Gasteiger partial charge in [0.25, 0.3) is 0 Å². The van der Waals surface area contributed by atoms with Gasteiger partial charge < -0.3 is 5.73 Å². The molecule has 0 saturated carbocycles. The standard InChI is InChI=1S/C12H16BrClN2O2S.ClH/c1-12(7-15)4-5-16(8-12)19(17,18)9-2-3-11(14)10(13)6-9;/h2-3,6H,4-5,7-8,15H2,1H3;1H. The smallest absolute Gasteiger partial charge is 0.243 e. The zero-order valence-electron chi connectivity index (χ0n) is 11.0. The molecule has 0 aromatic heterocycles. The summed E-state index contributed by atoms with van der Waals surface area (Å²) >= 11 is 9.13. The summed E-state index contributed by atoms with van der Waals surface area (Å²) < 4.78 is 27.1. The molecule has 1 saturated heterocycles. The van der Waals surface area contributed by atoms with Crippen molar-refractivity contribution >= 4 is 50.0 Å². The number of nitrogens with zero attached hydrogens (tertiary/aromatic N) is 1. The van der Waals surface area contributed by atoms with Crippen LogP contribution in [-0.2, 0) is 10.0 Å². The van der Waals surface area contributed by atoms with Crippen molar-refractivity contribution in [2.24, 2.45) is 11.1 Å². The van der Waals surface area contributed by atoms with E-state index >= 15 is 0 Å². The SMILES string of the molecule is CC1(CN)CCN(S(=O)(=O)c2ccc(Cl)c(Br)c2)C1.Cl. The first-order valence-corrected chi connectivity index (χ1v) is 8.55. The molecule has 0 aliphatic carbocycles. The Morgan fingerprint density at radius 3 is 2.65 bits per heavy atom. The highest BCUT2D eigenvalue weighted by Gasteiger charge is 2.39. The van der Waals surface area contributed by atoms with Crippen LogP contribution < -0.4 is 5.73 Å². The Hall–Kier alpha value is 0.150. The Bertz CT molecular complexity index is 597. The highest BCUT2D eigenvalue weighted by molar-refractivity contribution is 9.10. The lowest BCUT2D eigenvalue weighted by Gasteiger charge is -2.22. The molecular weight excluding hydrogens is 387 g/mol. The Balaban J connectivity index is 0.00000200. The van der Waals surface area contributed by atoms with E-state index in [1.807, 2.05) is 6.92 Å². The first-order valence-electron chi connectivity index (χ1n) is 5.94. The van der Waals surface area contributed by atoms with Crippen LogP contribution in [0.5, 0.6) is 0 Å². The van der Waals surface area contributed by atoms with E-state index in [1.165, 1.54) is 16.4 Å². The predicted octanol–water partition coefficient (Wildman–Crippen LogP) is 2.88. The third kappa shape index (κ3) is 3.48. The number of halogens is 3. The average Bonchev–Trinajstić information content (AvgIpc) is 2.77. The van der Waals surface area contributed by atoms with Crippen LogP contribution in [0.4, 0.5) is 0 Å². The first kappa shape index (κ1) is 18.2. The van der Waals surface area contributed by atoms with Gasteiger partial charge >= 0.3 is 0 Å². The van der Waals surface area contributed by atoms with Gasteiger partial charge in [0.05, 0.1) is 9.92 Å². The zero-order valence-corrected chi connectivity index (χ0v) is 14.9. The van der Waals surface area contributed by atoms with Crippen molar-refractivity contribution in [3.05, 3.63) is 27.7 Å². The molecule has 0 amide bonds. The summed E-state index contributed by atoms with van der Waals surface area (Å²) in [5.74, 6) is 0. The van der Waals surface area contributed by atoms with E-state index in [4.69, 9.17) is 17.3 Å². The maximum absolute atomic E-state index is 12.5. The highest BCUT2D eigenvalue weighted by atomic mass is 79.9. The van der Waals surface area contributed by atoms with Gasteiger partial charge in [-0.1, -0.05) is 18.5 Å². The van der Waals surface area contributed by atoms with Gasteiger partial charge in [0, 0.05) is 17.6 Å². The predicted molar refractivity (Wildman–Crippen MR) is 86.9 cm³/mol. The minimum absolute atomic E-state index is 0. The van der Waals surface area contributed by atoms with Crippen molar-refractivity contribution in [1.29, 1.82) is 0 Å². The summed E-state index contributed by atoms with van der Waals surface area (Å²) in [6, 6.07) is 4.65. The molecule has 1 aromatic carbocycles. The molecule has 1 atom stereocenters. The molecule has 1 aromatic rings. The lowest BCUT2D eigenvalue weighted by molar-refractivity contribution is 0.349. The lowest BCUT2D eigenvalue weighted by atomic mass is 9.90. The second-order valence-corrected chi connectivity index (χ2v) is 8.38. The Morgan fingerprint density at radius 2 is 2.15 bits per heavy atom. The molecule has 0 spiro atoms. The minimum Gasteiger partial charge on any atom is -0.330 e. The summed E-state index contributed by atoms with van der Waals surface area (Å²) in [5, 5.41) is 0.493. The van der Waals surface area contributed by atoms with Gasteiger partial charge in [-0.25, -0.2) is 8.42 Å². The van der Waals surface area contributed by atoms with Crippen molar-refractivity contribution in [1.82, 2.24) is 4.31 Å². The number of sulfonamides is 1. The molecule has 20 heavy (non-hydrogen) atoms. The fourth-order valence-corrected chi connectivity index (χ4v) is 4.40. The van der Waals surface area contributed by atoms with Crippen LogP contribution in [-0.4, -0.2) is 32.4 Å². The Kier molecular flexibility index (Phi) is 5.92. The molecule has 1 unspecified atom stereocenters. The van der Waals surface area contributed by atoms with Crippen LogP contribution in [0, 0.1) is 5.41 Å². The van der Waals surface area contributed by atoms with Crippen LogP contribution >= 0.6 is 39.9 Å². The van der Waals surface area contributed by atoms with E-state index in [0.717, 1.165) is 6.42 Å². The van der Waals surface area contributed by atoms with Crippen molar-refractivity contribution in [3.63, 3.8) is 0 Å². The number of rotatable bonds is 3. The molecule has 4 nitrogen and oxygen atoms in total. The second-order valence-electron chi connectivity index (χ2n) is 5.18. The van der Waals surface area contributed by atoms with Crippen LogP contribution in [0.3, 0.4) is 0 Å².